The van der Waals surface area contributed by atoms with Crippen molar-refractivity contribution in [3.05, 3.63) is 30.3 Å². The number of nitrogens with two attached hydrogens (primary N) is 1. The van der Waals surface area contributed by atoms with Gasteiger partial charge in [-0.3, -0.25) is 10.8 Å². The minimum atomic E-state index is -0.0677. The van der Waals surface area contributed by atoms with Crippen molar-refractivity contribution in [2.75, 3.05) is 0 Å². The lowest BCUT2D eigenvalue weighted by Gasteiger charge is -1.86. The van der Waals surface area contributed by atoms with E-state index in [1.807, 2.05) is 30.3 Å². The van der Waals surface area contributed by atoms with Crippen LogP contribution in [0, 0.1) is 10.8 Å². The van der Waals surface area contributed by atoms with E-state index < -0.39 is 0 Å². The first-order valence-corrected chi connectivity index (χ1v) is 5.58. The number of hydrogen-bond acceptors (Lipinski definition) is 4. The normalized spacial score (nSPS) is 8.43. The van der Waals surface area contributed by atoms with Crippen molar-refractivity contribution < 1.29 is 0 Å². The van der Waals surface area contributed by atoms with E-state index in [0.717, 1.165) is 16.7 Å². The lowest BCUT2D eigenvalue weighted by Crippen LogP contribution is -2.04. The van der Waals surface area contributed by atoms with Crippen LogP contribution in [0.1, 0.15) is 0 Å². The summed E-state index contributed by atoms with van der Waals surface area (Å²) in [5.41, 5.74) is 4.87. The van der Waals surface area contributed by atoms with Gasteiger partial charge >= 0.3 is 0 Å². The van der Waals surface area contributed by atoms with Gasteiger partial charge in [0.05, 0.1) is 0 Å². The molecule has 0 unspecified atom stereocenters. The third-order valence-corrected chi connectivity index (χ3v) is 2.14. The lowest BCUT2D eigenvalue weighted by molar-refractivity contribution is 1.48. The van der Waals surface area contributed by atoms with Crippen LogP contribution in [0.3, 0.4) is 0 Å². The highest BCUT2D eigenvalue weighted by Crippen LogP contribution is 2.04. The molecule has 1 aromatic carbocycles. The van der Waals surface area contributed by atoms with E-state index in [4.69, 9.17) is 16.6 Å². The van der Waals surface area contributed by atoms with Gasteiger partial charge in [-0.25, -0.2) is 0 Å². The predicted octanol–water partition coefficient (Wildman–Crippen LogP) is 2.92. The van der Waals surface area contributed by atoms with Gasteiger partial charge in [0.1, 0.15) is 3.95 Å². The molecule has 3 nitrogen and oxygen atoms in total. The molecule has 0 saturated heterocycles. The van der Waals surface area contributed by atoms with Gasteiger partial charge in [0.15, 0.2) is 5.17 Å². The van der Waals surface area contributed by atoms with Crippen LogP contribution in [0.25, 0.3) is 0 Å². The summed E-state index contributed by atoms with van der Waals surface area (Å²) in [6.07, 6.45) is 0. The maximum atomic E-state index is 6.68. The molecule has 1 rings (SSSR count). The highest BCUT2D eigenvalue weighted by molar-refractivity contribution is 9.22. The molecule has 0 atom stereocenters. The molecule has 0 aliphatic rings. The zero-order valence-corrected chi connectivity index (χ0v) is 10.5. The third kappa shape index (κ3) is 9.63. The summed E-state index contributed by atoms with van der Waals surface area (Å²) in [5, 5.41) is 13.2. The average Bonchev–Trinajstić information content (AvgIpc) is 2.03. The molecule has 0 amide bonds. The molecule has 6 heteroatoms. The fourth-order valence-electron chi connectivity index (χ4n) is 0.525. The van der Waals surface area contributed by atoms with Crippen LogP contribution in [-0.2, 0) is 0 Å². The Hall–Kier alpha value is -0.460. The number of amidine groups is 1. The molecule has 0 fully saturated rings. The van der Waals surface area contributed by atoms with Crippen molar-refractivity contribution in [3.8, 4) is 0 Å². The topological polar surface area (TPSA) is 73.7 Å². The Labute approximate surface area is 101 Å². The van der Waals surface area contributed by atoms with Gasteiger partial charge < -0.3 is 5.73 Å². The summed E-state index contributed by atoms with van der Waals surface area (Å²) in [6.45, 7) is 0. The van der Waals surface area contributed by atoms with Crippen LogP contribution in [0.15, 0.2) is 35.2 Å². The largest absolute Gasteiger partial charge is 0.378 e. The molecule has 1 aromatic rings. The highest BCUT2D eigenvalue weighted by atomic mass is 79.9. The number of halogens is 1. The minimum Gasteiger partial charge on any atom is -0.378 e. The van der Waals surface area contributed by atoms with Crippen molar-refractivity contribution in [2.45, 2.75) is 4.90 Å². The van der Waals surface area contributed by atoms with Crippen molar-refractivity contribution in [1.29, 1.82) is 10.8 Å². The summed E-state index contributed by atoms with van der Waals surface area (Å²) >= 11 is 7.76. The Morgan fingerprint density at radius 2 is 1.79 bits per heavy atom. The number of hydrogen-bond donors (Lipinski definition) is 4. The van der Waals surface area contributed by atoms with Crippen molar-refractivity contribution in [2.24, 2.45) is 5.73 Å². The van der Waals surface area contributed by atoms with E-state index >= 15 is 0 Å². The molecule has 0 bridgehead atoms. The monoisotopic (exact) mass is 291 g/mol. The maximum Gasteiger partial charge on any atom is 0.157 e. The molecule has 14 heavy (non-hydrogen) atoms. The molecule has 0 aliphatic carbocycles. The second-order valence-electron chi connectivity index (χ2n) is 2.08. The van der Waals surface area contributed by atoms with Crippen LogP contribution in [0.4, 0.5) is 0 Å². The van der Waals surface area contributed by atoms with Gasteiger partial charge in [0.2, 0.25) is 0 Å². The van der Waals surface area contributed by atoms with E-state index in [2.05, 4.69) is 28.6 Å². The van der Waals surface area contributed by atoms with Gasteiger partial charge in [0.25, 0.3) is 0 Å². The van der Waals surface area contributed by atoms with E-state index in [-0.39, 0.29) is 9.12 Å². The molecule has 0 spiro atoms. The van der Waals surface area contributed by atoms with Crippen LogP contribution in [0.5, 0.6) is 0 Å². The lowest BCUT2D eigenvalue weighted by atomic mass is 10.4. The SMILES string of the molecule is N=C(N)SC(=N)Br.Sc1ccccc1. The standard InChI is InChI=1S/C6H6S.C2H4BrN3S/c7-6-4-2-1-3-5-6;3-1(4)7-2(5)6/h1-5,7H;4H,(H3,5,6). The Bertz CT molecular complexity index is 291. The Morgan fingerprint density at radius 1 is 1.29 bits per heavy atom. The molecule has 0 radical (unpaired) electrons. The molecule has 0 aromatic heterocycles. The Morgan fingerprint density at radius 3 is 1.93 bits per heavy atom. The molecular formula is C8H10BrN3S2. The van der Waals surface area contributed by atoms with Gasteiger partial charge in [-0.05, 0) is 39.8 Å². The van der Waals surface area contributed by atoms with E-state index in [0.29, 0.717) is 0 Å². The number of nitrogens with one attached hydrogen (secondary N) is 2. The summed E-state index contributed by atoms with van der Waals surface area (Å²) in [6, 6.07) is 9.79. The zero-order chi connectivity index (χ0) is 11.0. The summed E-state index contributed by atoms with van der Waals surface area (Å²) < 4.78 is 0.167. The highest BCUT2D eigenvalue weighted by Gasteiger charge is 1.90. The van der Waals surface area contributed by atoms with Crippen molar-refractivity contribution in [1.82, 2.24) is 0 Å². The van der Waals surface area contributed by atoms with Crippen LogP contribution >= 0.6 is 40.3 Å². The maximum absolute atomic E-state index is 6.68. The number of benzene rings is 1. The fourth-order valence-corrected chi connectivity index (χ4v) is 1.41. The second-order valence-corrected chi connectivity index (χ2v) is 4.96. The van der Waals surface area contributed by atoms with E-state index in [1.165, 1.54) is 0 Å². The predicted molar refractivity (Wildman–Crippen MR) is 69.9 cm³/mol. The van der Waals surface area contributed by atoms with Crippen LogP contribution in [0.2, 0.25) is 0 Å². The summed E-state index contributed by atoms with van der Waals surface area (Å²) in [5.74, 6) is 0. The number of thiol groups is 1. The van der Waals surface area contributed by atoms with Crippen molar-refractivity contribution >= 4 is 49.4 Å². The van der Waals surface area contributed by atoms with E-state index in [9.17, 15) is 0 Å². The van der Waals surface area contributed by atoms with Crippen LogP contribution < -0.4 is 5.73 Å². The van der Waals surface area contributed by atoms with Gasteiger partial charge in [0, 0.05) is 4.90 Å². The quantitative estimate of drug-likeness (QED) is 0.337. The molecule has 0 heterocycles. The van der Waals surface area contributed by atoms with E-state index in [1.54, 1.807) is 0 Å². The van der Waals surface area contributed by atoms with Gasteiger partial charge in [-0.2, -0.15) is 0 Å². The average molecular weight is 292 g/mol. The number of thioether (sulfide) groups is 1. The zero-order valence-electron chi connectivity index (χ0n) is 7.20. The van der Waals surface area contributed by atoms with Crippen LogP contribution in [-0.4, -0.2) is 9.12 Å². The summed E-state index contributed by atoms with van der Waals surface area (Å²) in [4.78, 5) is 1.02. The first kappa shape index (κ1) is 13.5. The van der Waals surface area contributed by atoms with Crippen molar-refractivity contribution in [3.63, 3.8) is 0 Å². The fraction of sp³-hybridized carbons (Fsp3) is 0. The Balaban J connectivity index is 0.000000241. The first-order valence-electron chi connectivity index (χ1n) is 3.52. The third-order valence-electron chi connectivity index (χ3n) is 0.956. The first-order chi connectivity index (χ1) is 6.52. The minimum absolute atomic E-state index is 0.0677. The molecular weight excluding hydrogens is 282 g/mol. The Kier molecular flexibility index (Phi) is 7.64. The summed E-state index contributed by atoms with van der Waals surface area (Å²) in [7, 11) is 0. The molecule has 76 valence electrons. The smallest absolute Gasteiger partial charge is 0.157 e. The second kappa shape index (κ2) is 7.90. The molecule has 4 N–H and O–H groups in total. The molecule has 0 aliphatic heterocycles. The van der Waals surface area contributed by atoms with Gasteiger partial charge in [-0.15, -0.1) is 12.6 Å². The van der Waals surface area contributed by atoms with Gasteiger partial charge in [-0.1, -0.05) is 18.2 Å². The number of rotatable bonds is 0. The molecule has 0 saturated carbocycles.